The molecule has 0 unspecified atom stereocenters. The number of fused-ring (bicyclic) bond motifs is 1. The van der Waals surface area contributed by atoms with E-state index >= 15 is 0 Å². The zero-order valence-corrected chi connectivity index (χ0v) is 15.6. The molecule has 0 saturated carbocycles. The molecular formula is C16H20N4OS2. The second-order valence-corrected chi connectivity index (χ2v) is 8.26. The Kier molecular flexibility index (Phi) is 4.12. The van der Waals surface area contributed by atoms with E-state index < -0.39 is 0 Å². The van der Waals surface area contributed by atoms with E-state index in [4.69, 9.17) is 0 Å². The molecule has 0 atom stereocenters. The molecule has 0 aromatic carbocycles. The molecule has 0 fully saturated rings. The van der Waals surface area contributed by atoms with Crippen molar-refractivity contribution < 1.29 is 0 Å². The minimum Gasteiger partial charge on any atom is -0.300 e. The molecule has 3 aromatic rings. The molecule has 3 rings (SSSR count). The van der Waals surface area contributed by atoms with Crippen LogP contribution in [0.3, 0.4) is 0 Å². The molecule has 5 nitrogen and oxygen atoms in total. The van der Waals surface area contributed by atoms with E-state index in [1.54, 1.807) is 21.8 Å². The second-order valence-electron chi connectivity index (χ2n) is 6.22. The molecule has 0 spiro atoms. The molecule has 0 aliphatic rings. The number of nitrogens with one attached hydrogen (secondary N) is 1. The molecular weight excluding hydrogens is 328 g/mol. The monoisotopic (exact) mass is 348 g/mol. The first-order chi connectivity index (χ1) is 10.8. The molecule has 0 aliphatic carbocycles. The highest BCUT2D eigenvalue weighted by Gasteiger charge is 2.24. The fraction of sp³-hybridized carbons (Fsp3) is 0.438. The quantitative estimate of drug-likeness (QED) is 0.787. The molecule has 3 aromatic heterocycles. The zero-order valence-electron chi connectivity index (χ0n) is 13.9. The summed E-state index contributed by atoms with van der Waals surface area (Å²) in [6.07, 6.45) is 0. The van der Waals surface area contributed by atoms with Gasteiger partial charge in [0, 0.05) is 28.6 Å². The fourth-order valence-corrected chi connectivity index (χ4v) is 4.20. The summed E-state index contributed by atoms with van der Waals surface area (Å²) in [7, 11) is 0. The zero-order chi connectivity index (χ0) is 16.8. The van der Waals surface area contributed by atoms with E-state index in [-0.39, 0.29) is 11.1 Å². The van der Waals surface area contributed by atoms with Gasteiger partial charge in [-0.2, -0.15) is 0 Å². The first-order valence-electron chi connectivity index (χ1n) is 7.44. The molecule has 0 bridgehead atoms. The molecule has 0 radical (unpaired) electrons. The molecule has 0 amide bonds. The number of rotatable bonds is 4. The smallest absolute Gasteiger partial charge is 0.259 e. The molecule has 0 aliphatic heterocycles. The van der Waals surface area contributed by atoms with Crippen molar-refractivity contribution in [3.63, 3.8) is 0 Å². The van der Waals surface area contributed by atoms with Crippen LogP contribution in [0.2, 0.25) is 0 Å². The Morgan fingerprint density at radius 3 is 2.65 bits per heavy atom. The van der Waals surface area contributed by atoms with Crippen molar-refractivity contribution in [2.75, 3.05) is 0 Å². The lowest BCUT2D eigenvalue weighted by Crippen LogP contribution is -2.36. The maximum absolute atomic E-state index is 12.2. The SMILES string of the molecule is Cc1nc(C(C)(C)NCc2cc(=O)n3c(C)csc3n2)sc1C. The summed E-state index contributed by atoms with van der Waals surface area (Å²) in [5.41, 5.74) is 2.48. The van der Waals surface area contributed by atoms with Crippen molar-refractivity contribution in [2.24, 2.45) is 0 Å². The summed E-state index contributed by atoms with van der Waals surface area (Å²) in [6, 6.07) is 1.61. The van der Waals surface area contributed by atoms with Crippen molar-refractivity contribution in [3.8, 4) is 0 Å². The van der Waals surface area contributed by atoms with Crippen LogP contribution >= 0.6 is 22.7 Å². The molecule has 1 N–H and O–H groups in total. The number of thiazole rings is 2. The van der Waals surface area contributed by atoms with Gasteiger partial charge in [0.25, 0.3) is 5.56 Å². The summed E-state index contributed by atoms with van der Waals surface area (Å²) in [5, 5.41) is 6.48. The predicted octanol–water partition coefficient (Wildman–Crippen LogP) is 3.16. The van der Waals surface area contributed by atoms with Crippen molar-refractivity contribution >= 4 is 27.6 Å². The van der Waals surface area contributed by atoms with E-state index in [1.165, 1.54) is 16.2 Å². The van der Waals surface area contributed by atoms with E-state index in [1.807, 2.05) is 19.2 Å². The van der Waals surface area contributed by atoms with Crippen LogP contribution in [-0.4, -0.2) is 14.4 Å². The Labute approximate surface area is 143 Å². The van der Waals surface area contributed by atoms with Gasteiger partial charge in [-0.1, -0.05) is 0 Å². The maximum Gasteiger partial charge on any atom is 0.259 e. The summed E-state index contributed by atoms with van der Waals surface area (Å²) >= 11 is 3.20. The standard InChI is InChI=1S/C16H20N4OS2/c1-9-8-22-15-19-12(6-13(21)20(9)15)7-17-16(4,5)14-18-10(2)11(3)23-14/h6,8,17H,7H2,1-5H3. The maximum atomic E-state index is 12.2. The Hall–Kier alpha value is -1.57. The lowest BCUT2D eigenvalue weighted by molar-refractivity contribution is 0.396. The van der Waals surface area contributed by atoms with Crippen LogP contribution in [0.25, 0.3) is 4.96 Å². The van der Waals surface area contributed by atoms with Crippen LogP contribution in [-0.2, 0) is 12.1 Å². The largest absolute Gasteiger partial charge is 0.300 e. The molecule has 122 valence electrons. The first kappa shape index (κ1) is 16.3. The first-order valence-corrected chi connectivity index (χ1v) is 9.14. The summed E-state index contributed by atoms with van der Waals surface area (Å²) in [6.45, 7) is 10.8. The Bertz CT molecular complexity index is 900. The van der Waals surface area contributed by atoms with Gasteiger partial charge >= 0.3 is 0 Å². The average molecular weight is 348 g/mol. The topological polar surface area (TPSA) is 59.3 Å². The van der Waals surface area contributed by atoms with Gasteiger partial charge in [-0.05, 0) is 34.6 Å². The summed E-state index contributed by atoms with van der Waals surface area (Å²) in [5.74, 6) is 0. The third-order valence-electron chi connectivity index (χ3n) is 3.90. The number of hydrogen-bond acceptors (Lipinski definition) is 6. The van der Waals surface area contributed by atoms with Crippen LogP contribution in [0.1, 0.15) is 40.8 Å². The fourth-order valence-electron chi connectivity index (χ4n) is 2.32. The number of nitrogens with zero attached hydrogens (tertiary/aromatic N) is 3. The Morgan fingerprint density at radius 1 is 1.26 bits per heavy atom. The van der Waals surface area contributed by atoms with Gasteiger partial charge in [-0.25, -0.2) is 9.97 Å². The van der Waals surface area contributed by atoms with E-state index in [2.05, 4.69) is 36.1 Å². The number of hydrogen-bond donors (Lipinski definition) is 1. The van der Waals surface area contributed by atoms with Crippen LogP contribution in [0.4, 0.5) is 0 Å². The number of aromatic nitrogens is 3. The Morgan fingerprint density at radius 2 is 2.00 bits per heavy atom. The van der Waals surface area contributed by atoms with Gasteiger partial charge in [-0.3, -0.25) is 9.20 Å². The van der Waals surface area contributed by atoms with Crippen LogP contribution in [0.5, 0.6) is 0 Å². The van der Waals surface area contributed by atoms with Crippen molar-refractivity contribution in [1.82, 2.24) is 19.7 Å². The highest BCUT2D eigenvalue weighted by Crippen LogP contribution is 2.27. The Balaban J connectivity index is 1.83. The highest BCUT2D eigenvalue weighted by molar-refractivity contribution is 7.15. The van der Waals surface area contributed by atoms with Gasteiger partial charge in [0.05, 0.1) is 16.9 Å². The second kappa shape index (κ2) is 5.81. The molecule has 23 heavy (non-hydrogen) atoms. The average Bonchev–Trinajstić information content (AvgIpc) is 3.02. The minimum atomic E-state index is -0.262. The van der Waals surface area contributed by atoms with Crippen LogP contribution < -0.4 is 10.9 Å². The minimum absolute atomic E-state index is 0.0238. The highest BCUT2D eigenvalue weighted by atomic mass is 32.1. The van der Waals surface area contributed by atoms with E-state index in [0.29, 0.717) is 6.54 Å². The normalized spacial score (nSPS) is 12.2. The van der Waals surface area contributed by atoms with E-state index in [0.717, 1.165) is 27.1 Å². The molecule has 3 heterocycles. The van der Waals surface area contributed by atoms with Crippen molar-refractivity contribution in [1.29, 1.82) is 0 Å². The van der Waals surface area contributed by atoms with Crippen molar-refractivity contribution in [2.45, 2.75) is 46.7 Å². The van der Waals surface area contributed by atoms with Crippen LogP contribution in [0, 0.1) is 20.8 Å². The summed E-state index contributed by atoms with van der Waals surface area (Å²) < 4.78 is 1.65. The van der Waals surface area contributed by atoms with E-state index in [9.17, 15) is 4.79 Å². The molecule has 7 heteroatoms. The summed E-state index contributed by atoms with van der Waals surface area (Å²) in [4.78, 5) is 23.4. The van der Waals surface area contributed by atoms with Crippen LogP contribution in [0.15, 0.2) is 16.2 Å². The predicted molar refractivity (Wildman–Crippen MR) is 95.5 cm³/mol. The lowest BCUT2D eigenvalue weighted by Gasteiger charge is -2.23. The van der Waals surface area contributed by atoms with Gasteiger partial charge in [0.2, 0.25) is 0 Å². The van der Waals surface area contributed by atoms with Gasteiger partial charge < -0.3 is 5.32 Å². The van der Waals surface area contributed by atoms with Gasteiger partial charge in [-0.15, -0.1) is 22.7 Å². The van der Waals surface area contributed by atoms with Gasteiger partial charge in [0.1, 0.15) is 5.01 Å². The lowest BCUT2D eigenvalue weighted by atomic mass is 10.1. The third-order valence-corrected chi connectivity index (χ3v) is 6.24. The number of aryl methyl sites for hydroxylation is 3. The van der Waals surface area contributed by atoms with Gasteiger partial charge in [0.15, 0.2) is 4.96 Å². The van der Waals surface area contributed by atoms with Crippen molar-refractivity contribution in [3.05, 3.63) is 48.8 Å². The molecule has 0 saturated heterocycles. The third kappa shape index (κ3) is 3.08.